The monoisotopic (exact) mass is 393 g/mol. The minimum absolute atomic E-state index is 0.0222. The third-order valence-electron chi connectivity index (χ3n) is 4.63. The van der Waals surface area contributed by atoms with Crippen LogP contribution >= 0.6 is 11.6 Å². The summed E-state index contributed by atoms with van der Waals surface area (Å²) in [7, 11) is 0. The van der Waals surface area contributed by atoms with Crippen LogP contribution in [0.15, 0.2) is 24.3 Å². The van der Waals surface area contributed by atoms with Crippen LogP contribution < -0.4 is 5.32 Å². The molecule has 8 nitrogen and oxygen atoms in total. The number of ether oxygens (including phenoxy) is 1. The molecule has 0 aliphatic carbocycles. The van der Waals surface area contributed by atoms with Crippen LogP contribution in [-0.2, 0) is 25.7 Å². The van der Waals surface area contributed by atoms with Gasteiger partial charge in [0.15, 0.2) is 6.10 Å². The van der Waals surface area contributed by atoms with Crippen molar-refractivity contribution in [1.29, 1.82) is 0 Å². The predicted molar refractivity (Wildman–Crippen MR) is 95.6 cm³/mol. The first-order chi connectivity index (χ1) is 12.9. The lowest BCUT2D eigenvalue weighted by Crippen LogP contribution is -2.42. The van der Waals surface area contributed by atoms with Crippen LogP contribution in [0, 0.1) is 5.92 Å². The van der Waals surface area contributed by atoms with E-state index in [0.29, 0.717) is 18.1 Å². The van der Waals surface area contributed by atoms with E-state index in [-0.39, 0.29) is 25.4 Å². The smallest absolute Gasteiger partial charge is 0.324 e. The Kier molecular flexibility index (Phi) is 5.65. The van der Waals surface area contributed by atoms with Crippen molar-refractivity contribution in [2.45, 2.75) is 26.0 Å². The van der Waals surface area contributed by atoms with E-state index in [1.54, 1.807) is 17.0 Å². The molecule has 4 amide bonds. The van der Waals surface area contributed by atoms with Crippen LogP contribution in [0.5, 0.6) is 0 Å². The van der Waals surface area contributed by atoms with Crippen molar-refractivity contribution in [3.63, 3.8) is 0 Å². The summed E-state index contributed by atoms with van der Waals surface area (Å²) in [5.41, 5.74) is 0.796. The summed E-state index contributed by atoms with van der Waals surface area (Å²) in [5.74, 6) is -2.02. The molecule has 0 bridgehead atoms. The largest absolute Gasteiger partial charge is 0.452 e. The van der Waals surface area contributed by atoms with Gasteiger partial charge in [0.25, 0.3) is 5.91 Å². The van der Waals surface area contributed by atoms with Crippen molar-refractivity contribution in [2.24, 2.45) is 5.92 Å². The zero-order valence-electron chi connectivity index (χ0n) is 14.8. The van der Waals surface area contributed by atoms with E-state index in [1.807, 2.05) is 12.1 Å². The number of hydrogen-bond acceptors (Lipinski definition) is 5. The van der Waals surface area contributed by atoms with Crippen LogP contribution in [-0.4, -0.2) is 59.4 Å². The molecule has 0 saturated carbocycles. The van der Waals surface area contributed by atoms with Crippen molar-refractivity contribution in [1.82, 2.24) is 15.1 Å². The molecule has 1 N–H and O–H groups in total. The van der Waals surface area contributed by atoms with Crippen molar-refractivity contribution in [3.8, 4) is 0 Å². The zero-order chi connectivity index (χ0) is 19.6. The van der Waals surface area contributed by atoms with Crippen LogP contribution in [0.4, 0.5) is 4.79 Å². The molecule has 2 fully saturated rings. The summed E-state index contributed by atoms with van der Waals surface area (Å²) in [5, 5.41) is 3.07. The van der Waals surface area contributed by atoms with E-state index in [1.165, 1.54) is 6.92 Å². The summed E-state index contributed by atoms with van der Waals surface area (Å²) in [6.07, 6.45) is -1.07. The Balaban J connectivity index is 1.56. The maximum atomic E-state index is 12.4. The van der Waals surface area contributed by atoms with Crippen molar-refractivity contribution < 1.29 is 23.9 Å². The number of nitrogens with zero attached hydrogens (tertiary/aromatic N) is 2. The maximum Gasteiger partial charge on any atom is 0.324 e. The zero-order valence-corrected chi connectivity index (χ0v) is 15.6. The van der Waals surface area contributed by atoms with Crippen LogP contribution in [0.3, 0.4) is 0 Å². The first-order valence-electron chi connectivity index (χ1n) is 8.67. The Morgan fingerprint density at radius 2 is 2.07 bits per heavy atom. The Morgan fingerprint density at radius 1 is 1.33 bits per heavy atom. The Morgan fingerprint density at radius 3 is 2.74 bits per heavy atom. The summed E-state index contributed by atoms with van der Waals surface area (Å²) >= 11 is 6.12. The first-order valence-corrected chi connectivity index (χ1v) is 9.05. The second kappa shape index (κ2) is 7.96. The van der Waals surface area contributed by atoms with E-state index < -0.39 is 29.9 Å². The lowest BCUT2D eigenvalue weighted by Gasteiger charge is -2.20. The number of esters is 1. The molecule has 2 atom stereocenters. The average Bonchev–Trinajstić information content (AvgIpc) is 3.22. The number of amides is 4. The molecular weight excluding hydrogens is 374 g/mol. The molecule has 3 rings (SSSR count). The van der Waals surface area contributed by atoms with E-state index in [0.717, 1.165) is 10.5 Å². The van der Waals surface area contributed by atoms with Crippen LogP contribution in [0.1, 0.15) is 18.9 Å². The van der Waals surface area contributed by atoms with Gasteiger partial charge in [-0.05, 0) is 18.6 Å². The number of benzene rings is 1. The van der Waals surface area contributed by atoms with Gasteiger partial charge in [0, 0.05) is 37.6 Å². The highest BCUT2D eigenvalue weighted by molar-refractivity contribution is 6.31. The molecule has 2 aliphatic rings. The highest BCUT2D eigenvalue weighted by Gasteiger charge is 2.38. The molecule has 1 aromatic rings. The molecule has 27 heavy (non-hydrogen) atoms. The van der Waals surface area contributed by atoms with E-state index >= 15 is 0 Å². The van der Waals surface area contributed by atoms with Gasteiger partial charge >= 0.3 is 12.0 Å². The lowest BCUT2D eigenvalue weighted by atomic mass is 10.1. The molecule has 0 radical (unpaired) electrons. The highest BCUT2D eigenvalue weighted by atomic mass is 35.5. The number of hydrogen-bond donors (Lipinski definition) is 1. The number of carbonyl (C=O) groups excluding carboxylic acids is 4. The summed E-state index contributed by atoms with van der Waals surface area (Å²) in [4.78, 5) is 50.9. The average molecular weight is 394 g/mol. The Hall–Kier alpha value is -2.61. The molecule has 0 unspecified atom stereocenters. The Bertz CT molecular complexity index is 784. The molecule has 2 heterocycles. The standard InChI is InChI=1S/C18H20ClN3O5/c1-11(16(24)22-7-6-20-18(22)26)27-17(25)13-8-15(23)21(10-13)9-12-4-2-3-5-14(12)19/h2-5,11,13H,6-10H2,1H3,(H,20,26)/t11-,13-/m0/s1. The predicted octanol–water partition coefficient (Wildman–Crippen LogP) is 1.17. The van der Waals surface area contributed by atoms with E-state index in [4.69, 9.17) is 16.3 Å². The van der Waals surface area contributed by atoms with Gasteiger partial charge in [-0.25, -0.2) is 4.79 Å². The second-order valence-corrected chi connectivity index (χ2v) is 6.97. The van der Waals surface area contributed by atoms with Gasteiger partial charge in [-0.3, -0.25) is 19.3 Å². The van der Waals surface area contributed by atoms with Gasteiger partial charge in [0.05, 0.1) is 5.92 Å². The lowest BCUT2D eigenvalue weighted by molar-refractivity contribution is -0.160. The molecule has 0 spiro atoms. The van der Waals surface area contributed by atoms with Gasteiger partial charge in [0.2, 0.25) is 5.91 Å². The number of halogens is 1. The molecule has 1 aromatic carbocycles. The highest BCUT2D eigenvalue weighted by Crippen LogP contribution is 2.24. The fourth-order valence-electron chi connectivity index (χ4n) is 3.14. The minimum Gasteiger partial charge on any atom is -0.452 e. The fourth-order valence-corrected chi connectivity index (χ4v) is 3.33. The summed E-state index contributed by atoms with van der Waals surface area (Å²) in [6, 6.07) is 6.70. The fraction of sp³-hybridized carbons (Fsp3) is 0.444. The number of imide groups is 1. The summed E-state index contributed by atoms with van der Waals surface area (Å²) in [6.45, 7) is 2.55. The second-order valence-electron chi connectivity index (χ2n) is 6.57. The van der Waals surface area contributed by atoms with Gasteiger partial charge in [-0.15, -0.1) is 0 Å². The van der Waals surface area contributed by atoms with Crippen molar-refractivity contribution in [3.05, 3.63) is 34.9 Å². The quantitative estimate of drug-likeness (QED) is 0.757. The topological polar surface area (TPSA) is 96.0 Å². The van der Waals surface area contributed by atoms with Gasteiger partial charge < -0.3 is 15.0 Å². The number of likely N-dealkylation sites (tertiary alicyclic amines) is 1. The summed E-state index contributed by atoms with van der Waals surface area (Å²) < 4.78 is 5.21. The van der Waals surface area contributed by atoms with Crippen LogP contribution in [0.2, 0.25) is 5.02 Å². The Labute approximate surface area is 161 Å². The molecule has 2 saturated heterocycles. The third-order valence-corrected chi connectivity index (χ3v) is 5.00. The first kappa shape index (κ1) is 19.2. The number of rotatable bonds is 5. The normalized spacial score (nSPS) is 20.6. The van der Waals surface area contributed by atoms with Gasteiger partial charge in [0.1, 0.15) is 0 Å². The van der Waals surface area contributed by atoms with E-state index in [2.05, 4.69) is 5.32 Å². The van der Waals surface area contributed by atoms with Gasteiger partial charge in [-0.1, -0.05) is 29.8 Å². The third kappa shape index (κ3) is 4.21. The number of nitrogens with one attached hydrogen (secondary N) is 1. The minimum atomic E-state index is -1.09. The molecule has 9 heteroatoms. The van der Waals surface area contributed by atoms with Crippen molar-refractivity contribution >= 4 is 35.4 Å². The molecule has 2 aliphatic heterocycles. The molecule has 0 aromatic heterocycles. The van der Waals surface area contributed by atoms with Gasteiger partial charge in [-0.2, -0.15) is 0 Å². The number of urea groups is 1. The van der Waals surface area contributed by atoms with Crippen molar-refractivity contribution in [2.75, 3.05) is 19.6 Å². The molecular formula is C18H20ClN3O5. The molecule has 144 valence electrons. The SMILES string of the molecule is C[C@H](OC(=O)[C@H]1CC(=O)N(Cc2ccccc2Cl)C1)C(=O)N1CCNC1=O. The maximum absolute atomic E-state index is 12.4. The van der Waals surface area contributed by atoms with E-state index in [9.17, 15) is 19.2 Å². The number of carbonyl (C=O) groups is 4. The van der Waals surface area contributed by atoms with Crippen LogP contribution in [0.25, 0.3) is 0 Å².